The van der Waals surface area contributed by atoms with Gasteiger partial charge >= 0.3 is 6.03 Å². The number of halogens is 1. The average Bonchev–Trinajstić information content (AvgIpc) is 2.79. The molecule has 1 aliphatic carbocycles. The van der Waals surface area contributed by atoms with E-state index in [-0.39, 0.29) is 42.7 Å². The number of carbonyl (C=O) groups excluding carboxylic acids is 3. The van der Waals surface area contributed by atoms with Crippen LogP contribution >= 0.6 is 12.4 Å². The molecule has 0 aromatic heterocycles. The van der Waals surface area contributed by atoms with Crippen molar-refractivity contribution in [3.05, 3.63) is 0 Å². The molecule has 8 heteroatoms. The van der Waals surface area contributed by atoms with Crippen molar-refractivity contribution in [1.29, 1.82) is 0 Å². The molecule has 0 aromatic rings. The predicted octanol–water partition coefficient (Wildman–Crippen LogP) is 1.54. The van der Waals surface area contributed by atoms with Crippen LogP contribution in [0.3, 0.4) is 0 Å². The SMILES string of the molecule is CCCCC(CN)NC(=O)CN1C(=O)NC2(CCCCC2C)C1=O.Cl. The normalized spacial score (nSPS) is 27.0. The molecule has 2 aliphatic rings. The molecule has 1 aliphatic heterocycles. The third kappa shape index (κ3) is 4.64. The van der Waals surface area contributed by atoms with Crippen LogP contribution in [0.1, 0.15) is 58.8 Å². The van der Waals surface area contributed by atoms with Crippen LogP contribution in [0.25, 0.3) is 0 Å². The molecule has 7 nitrogen and oxygen atoms in total. The van der Waals surface area contributed by atoms with E-state index in [1.807, 2.05) is 6.92 Å². The number of amides is 4. The van der Waals surface area contributed by atoms with Gasteiger partial charge in [-0.05, 0) is 25.2 Å². The van der Waals surface area contributed by atoms with Crippen LogP contribution in [0, 0.1) is 5.92 Å². The minimum Gasteiger partial charge on any atom is -0.351 e. The number of hydrogen-bond donors (Lipinski definition) is 3. The van der Waals surface area contributed by atoms with E-state index >= 15 is 0 Å². The second kappa shape index (κ2) is 9.38. The van der Waals surface area contributed by atoms with Gasteiger partial charge in [0.05, 0.1) is 0 Å². The number of nitrogens with zero attached hydrogens (tertiary/aromatic N) is 1. The Morgan fingerprint density at radius 3 is 2.76 bits per heavy atom. The van der Waals surface area contributed by atoms with Crippen LogP contribution in [0.5, 0.6) is 0 Å². The monoisotopic (exact) mass is 374 g/mol. The van der Waals surface area contributed by atoms with Crippen molar-refractivity contribution in [3.8, 4) is 0 Å². The van der Waals surface area contributed by atoms with Crippen LogP contribution in [0.2, 0.25) is 0 Å². The fraction of sp³-hybridized carbons (Fsp3) is 0.824. The summed E-state index contributed by atoms with van der Waals surface area (Å²) in [6.07, 6.45) is 6.37. The maximum Gasteiger partial charge on any atom is 0.325 e. The van der Waals surface area contributed by atoms with Gasteiger partial charge in [0, 0.05) is 12.6 Å². The second-order valence-electron chi connectivity index (χ2n) is 7.08. The molecule has 1 saturated carbocycles. The summed E-state index contributed by atoms with van der Waals surface area (Å²) >= 11 is 0. The number of rotatable bonds is 7. The molecule has 1 heterocycles. The number of urea groups is 1. The van der Waals surface area contributed by atoms with Crippen molar-refractivity contribution in [1.82, 2.24) is 15.5 Å². The van der Waals surface area contributed by atoms with Gasteiger partial charge in [-0.1, -0.05) is 39.5 Å². The lowest BCUT2D eigenvalue weighted by Gasteiger charge is -2.36. The number of hydrogen-bond acceptors (Lipinski definition) is 4. The zero-order valence-corrected chi connectivity index (χ0v) is 16.0. The molecule has 25 heavy (non-hydrogen) atoms. The number of carbonyl (C=O) groups is 3. The molecular formula is C17H31ClN4O3. The minimum absolute atomic E-state index is 0. The minimum atomic E-state index is -0.814. The van der Waals surface area contributed by atoms with Crippen LogP contribution in [-0.4, -0.2) is 47.4 Å². The first-order valence-electron chi connectivity index (χ1n) is 9.08. The summed E-state index contributed by atoms with van der Waals surface area (Å²) in [5.41, 5.74) is 4.87. The zero-order chi connectivity index (χ0) is 17.7. The molecule has 144 valence electrons. The first-order chi connectivity index (χ1) is 11.4. The lowest BCUT2D eigenvalue weighted by atomic mass is 9.73. The fourth-order valence-electron chi connectivity index (χ4n) is 3.76. The van der Waals surface area contributed by atoms with Crippen molar-refractivity contribution in [2.24, 2.45) is 11.7 Å². The van der Waals surface area contributed by atoms with Crippen molar-refractivity contribution in [2.45, 2.75) is 70.4 Å². The van der Waals surface area contributed by atoms with E-state index in [9.17, 15) is 14.4 Å². The summed E-state index contributed by atoms with van der Waals surface area (Å²) in [6.45, 7) is 4.19. The standard InChI is InChI=1S/C17H30N4O3.ClH/c1-3-4-8-13(10-18)19-14(22)11-21-15(23)17(20-16(21)24)9-6-5-7-12(17)2;/h12-13H,3-11,18H2,1-2H3,(H,19,22)(H,20,24);1H. The maximum atomic E-state index is 12.8. The Hall–Kier alpha value is -1.34. The molecule has 3 unspecified atom stereocenters. The quantitative estimate of drug-likeness (QED) is 0.588. The lowest BCUT2D eigenvalue weighted by Crippen LogP contribution is -2.54. The highest BCUT2D eigenvalue weighted by Crippen LogP contribution is 2.38. The zero-order valence-electron chi connectivity index (χ0n) is 15.2. The first kappa shape index (κ1) is 21.7. The fourth-order valence-corrected chi connectivity index (χ4v) is 3.76. The van der Waals surface area contributed by atoms with E-state index in [1.165, 1.54) is 0 Å². The van der Waals surface area contributed by atoms with E-state index < -0.39 is 11.6 Å². The van der Waals surface area contributed by atoms with Gasteiger partial charge in [-0.25, -0.2) is 4.79 Å². The summed E-state index contributed by atoms with van der Waals surface area (Å²) in [5.74, 6) is -0.490. The van der Waals surface area contributed by atoms with Crippen molar-refractivity contribution in [2.75, 3.05) is 13.1 Å². The molecular weight excluding hydrogens is 344 g/mol. The summed E-state index contributed by atoms with van der Waals surface area (Å²) in [4.78, 5) is 38.4. The predicted molar refractivity (Wildman–Crippen MR) is 98.4 cm³/mol. The Morgan fingerprint density at radius 2 is 2.16 bits per heavy atom. The molecule has 2 fully saturated rings. The Morgan fingerprint density at radius 1 is 1.44 bits per heavy atom. The van der Waals surface area contributed by atoms with E-state index in [1.54, 1.807) is 0 Å². The molecule has 4 amide bonds. The smallest absolute Gasteiger partial charge is 0.325 e. The van der Waals surface area contributed by atoms with Crippen LogP contribution in [0.15, 0.2) is 0 Å². The molecule has 0 radical (unpaired) electrons. The summed E-state index contributed by atoms with van der Waals surface area (Å²) in [7, 11) is 0. The van der Waals surface area contributed by atoms with Crippen molar-refractivity contribution in [3.63, 3.8) is 0 Å². The topological polar surface area (TPSA) is 105 Å². The van der Waals surface area contributed by atoms with Gasteiger partial charge in [0.2, 0.25) is 5.91 Å². The molecule has 1 spiro atoms. The molecule has 2 rings (SSSR count). The summed E-state index contributed by atoms with van der Waals surface area (Å²) in [5, 5.41) is 5.69. The molecule has 1 saturated heterocycles. The van der Waals surface area contributed by atoms with E-state index in [0.29, 0.717) is 13.0 Å². The highest BCUT2D eigenvalue weighted by molar-refractivity contribution is 6.09. The lowest BCUT2D eigenvalue weighted by molar-refractivity contribution is -0.137. The number of imide groups is 1. The Bertz CT molecular complexity index is 502. The maximum absolute atomic E-state index is 12.8. The summed E-state index contributed by atoms with van der Waals surface area (Å²) < 4.78 is 0. The van der Waals surface area contributed by atoms with Crippen LogP contribution in [0.4, 0.5) is 4.79 Å². The molecule has 3 atom stereocenters. The molecule has 0 aromatic carbocycles. The van der Waals surface area contributed by atoms with Gasteiger partial charge in [0.15, 0.2) is 0 Å². The van der Waals surface area contributed by atoms with Crippen LogP contribution < -0.4 is 16.4 Å². The van der Waals surface area contributed by atoms with Gasteiger partial charge < -0.3 is 16.4 Å². The van der Waals surface area contributed by atoms with Crippen molar-refractivity contribution < 1.29 is 14.4 Å². The summed E-state index contributed by atoms with van der Waals surface area (Å²) in [6, 6.07) is -0.567. The molecule has 0 bridgehead atoms. The first-order valence-corrected chi connectivity index (χ1v) is 9.08. The largest absolute Gasteiger partial charge is 0.351 e. The Labute approximate surface area is 155 Å². The number of nitrogens with one attached hydrogen (secondary N) is 2. The number of unbranched alkanes of at least 4 members (excludes halogenated alkanes) is 1. The van der Waals surface area contributed by atoms with Crippen LogP contribution in [-0.2, 0) is 9.59 Å². The van der Waals surface area contributed by atoms with Gasteiger partial charge in [-0.3, -0.25) is 14.5 Å². The van der Waals surface area contributed by atoms with Gasteiger partial charge in [0.25, 0.3) is 5.91 Å². The second-order valence-corrected chi connectivity index (χ2v) is 7.08. The van der Waals surface area contributed by atoms with Gasteiger partial charge in [-0.2, -0.15) is 0 Å². The third-order valence-corrected chi connectivity index (χ3v) is 5.36. The third-order valence-electron chi connectivity index (χ3n) is 5.36. The Balaban J connectivity index is 0.00000312. The van der Waals surface area contributed by atoms with E-state index in [0.717, 1.165) is 43.4 Å². The van der Waals surface area contributed by atoms with Crippen molar-refractivity contribution >= 4 is 30.3 Å². The van der Waals surface area contributed by atoms with E-state index in [4.69, 9.17) is 5.73 Å². The van der Waals surface area contributed by atoms with Gasteiger partial charge in [-0.15, -0.1) is 12.4 Å². The Kier molecular flexibility index (Phi) is 8.15. The van der Waals surface area contributed by atoms with Gasteiger partial charge in [0.1, 0.15) is 12.1 Å². The van der Waals surface area contributed by atoms with E-state index in [2.05, 4.69) is 17.6 Å². The number of nitrogens with two attached hydrogens (primary N) is 1. The average molecular weight is 375 g/mol. The highest BCUT2D eigenvalue weighted by Gasteiger charge is 2.55. The molecule has 4 N–H and O–H groups in total. The highest BCUT2D eigenvalue weighted by atomic mass is 35.5.